The van der Waals surface area contributed by atoms with Crippen LogP contribution >= 0.6 is 11.6 Å². The summed E-state index contributed by atoms with van der Waals surface area (Å²) in [7, 11) is 0. The quantitative estimate of drug-likeness (QED) is 0.223. The molecule has 7 N–H and O–H groups in total. The highest BCUT2D eigenvalue weighted by Crippen LogP contribution is 2.46. The lowest BCUT2D eigenvalue weighted by molar-refractivity contribution is 0.215. The van der Waals surface area contributed by atoms with Crippen molar-refractivity contribution >= 4 is 40.3 Å². The molecule has 0 bridgehead atoms. The summed E-state index contributed by atoms with van der Waals surface area (Å²) < 4.78 is 15.6. The first-order valence-corrected chi connectivity index (χ1v) is 12.3. The number of halogens is 2. The number of aliphatic imine (C=N–C) groups is 1. The first kappa shape index (κ1) is 24.9. The Morgan fingerprint density at radius 2 is 1.89 bits per heavy atom. The van der Waals surface area contributed by atoms with E-state index in [0.717, 1.165) is 35.2 Å². The van der Waals surface area contributed by atoms with E-state index in [1.165, 1.54) is 18.2 Å². The molecule has 1 fully saturated rings. The summed E-state index contributed by atoms with van der Waals surface area (Å²) in [5.74, 6) is -0.113. The van der Waals surface area contributed by atoms with Crippen LogP contribution in [0.15, 0.2) is 54.0 Å². The molecule has 0 aliphatic heterocycles. The van der Waals surface area contributed by atoms with Crippen molar-refractivity contribution in [3.8, 4) is 11.1 Å². The molecule has 1 saturated carbocycles. The number of benzene rings is 1. The van der Waals surface area contributed by atoms with Crippen LogP contribution in [0.3, 0.4) is 0 Å². The number of nitrogen functional groups attached to an aromatic ring is 1. The van der Waals surface area contributed by atoms with Crippen LogP contribution in [-0.2, 0) is 0 Å². The van der Waals surface area contributed by atoms with Crippen LogP contribution in [0.1, 0.15) is 39.2 Å². The molecule has 11 heteroatoms. The monoisotopic (exact) mass is 521 g/mol. The third kappa shape index (κ3) is 4.47. The number of hydrogen-bond acceptors (Lipinski definition) is 7. The average Bonchev–Trinajstić information content (AvgIpc) is 3.36. The van der Waals surface area contributed by atoms with Crippen LogP contribution < -0.4 is 22.5 Å². The average molecular weight is 522 g/mol. The third-order valence-corrected chi connectivity index (χ3v) is 8.00. The number of aromatic nitrogens is 4. The first-order chi connectivity index (χ1) is 17.5. The van der Waals surface area contributed by atoms with Gasteiger partial charge in [-0.3, -0.25) is 0 Å². The highest BCUT2D eigenvalue weighted by atomic mass is 35.5. The fraction of sp³-hybridized carbons (Fsp3) is 0.308. The molecule has 2 atom stereocenters. The van der Waals surface area contributed by atoms with Gasteiger partial charge in [0.05, 0.1) is 33.7 Å². The van der Waals surface area contributed by atoms with Crippen LogP contribution in [0, 0.1) is 11.2 Å². The maximum Gasteiger partial charge on any atom is 0.219 e. The van der Waals surface area contributed by atoms with Gasteiger partial charge in [-0.05, 0) is 38.0 Å². The van der Waals surface area contributed by atoms with E-state index in [-0.39, 0.29) is 39.5 Å². The van der Waals surface area contributed by atoms with Crippen molar-refractivity contribution in [2.45, 2.75) is 45.2 Å². The molecular weight excluding hydrogens is 493 g/mol. The van der Waals surface area contributed by atoms with E-state index >= 15 is 0 Å². The van der Waals surface area contributed by atoms with E-state index in [4.69, 9.17) is 28.8 Å². The molecule has 0 radical (unpaired) electrons. The molecule has 0 amide bonds. The van der Waals surface area contributed by atoms with Gasteiger partial charge < -0.3 is 22.5 Å². The highest BCUT2D eigenvalue weighted by Gasteiger charge is 2.49. The van der Waals surface area contributed by atoms with Gasteiger partial charge in [-0.25, -0.2) is 23.9 Å². The summed E-state index contributed by atoms with van der Waals surface area (Å²) in [5.41, 5.74) is 22.2. The van der Waals surface area contributed by atoms with E-state index in [9.17, 15) is 4.39 Å². The zero-order chi connectivity index (χ0) is 26.5. The highest BCUT2D eigenvalue weighted by molar-refractivity contribution is 6.33. The van der Waals surface area contributed by atoms with Gasteiger partial charge in [-0.1, -0.05) is 25.4 Å². The Hall–Kier alpha value is -3.76. The van der Waals surface area contributed by atoms with E-state index in [1.807, 2.05) is 12.3 Å². The maximum absolute atomic E-state index is 13.9. The van der Waals surface area contributed by atoms with E-state index in [1.54, 1.807) is 23.1 Å². The summed E-state index contributed by atoms with van der Waals surface area (Å²) in [6.45, 7) is 6.40. The number of hydrogen-bond donors (Lipinski definition) is 4. The smallest absolute Gasteiger partial charge is 0.219 e. The third-order valence-electron chi connectivity index (χ3n) is 7.68. The van der Waals surface area contributed by atoms with Crippen LogP contribution in [0.5, 0.6) is 0 Å². The minimum absolute atomic E-state index is 0.0521. The molecule has 2 unspecified atom stereocenters. The van der Waals surface area contributed by atoms with Gasteiger partial charge in [-0.15, -0.1) is 0 Å². The van der Waals surface area contributed by atoms with Gasteiger partial charge >= 0.3 is 0 Å². The molecule has 4 aromatic rings. The Kier molecular flexibility index (Phi) is 6.04. The van der Waals surface area contributed by atoms with Gasteiger partial charge in [0.25, 0.3) is 0 Å². The largest absolute Gasteiger partial charge is 0.383 e. The summed E-state index contributed by atoms with van der Waals surface area (Å²) in [6.07, 6.45) is 8.57. The van der Waals surface area contributed by atoms with E-state index in [2.05, 4.69) is 46.1 Å². The second-order valence-corrected chi connectivity index (χ2v) is 10.7. The Bertz CT molecular complexity index is 1510. The number of amidine groups is 1. The summed E-state index contributed by atoms with van der Waals surface area (Å²) in [5, 5.41) is 8.56. The standard InChI is InChI=1S/C26H29ClFN9/c1-25(2)21(6-7-26(25,3)31)36-22-17(23(29)35-19-9-16(28)4-5-18(19)27)12-34-37-13-14(8-20(22)37)15-10-32-24(30)33-11-15/h4-5,8-13,21,36H,6-7,31H2,1-3H3,(H2,29,35)(H2,30,32,33). The minimum Gasteiger partial charge on any atom is -0.383 e. The SMILES string of the molecule is CC1(N)CCC(Nc2c(C(N)=Nc3cc(F)ccc3Cl)cnn3cc(-c4cnc(N)nc4)cc23)C1(C)C. The zero-order valence-corrected chi connectivity index (χ0v) is 21.6. The van der Waals surface area contributed by atoms with Crippen molar-refractivity contribution in [3.05, 3.63) is 65.5 Å². The fourth-order valence-electron chi connectivity index (χ4n) is 4.76. The lowest BCUT2D eigenvalue weighted by atomic mass is 9.75. The van der Waals surface area contributed by atoms with Gasteiger partial charge in [0.1, 0.15) is 11.7 Å². The molecule has 3 aromatic heterocycles. The lowest BCUT2D eigenvalue weighted by Crippen LogP contribution is -2.51. The molecular formula is C26H29ClFN9. The van der Waals surface area contributed by atoms with Crippen molar-refractivity contribution in [1.82, 2.24) is 19.6 Å². The Labute approximate surface area is 219 Å². The number of anilines is 2. The Balaban J connectivity index is 1.66. The number of fused-ring (bicyclic) bond motifs is 1. The Morgan fingerprint density at radius 3 is 2.57 bits per heavy atom. The van der Waals surface area contributed by atoms with Crippen LogP contribution in [0.2, 0.25) is 5.02 Å². The number of nitrogens with zero attached hydrogens (tertiary/aromatic N) is 5. The predicted molar refractivity (Wildman–Crippen MR) is 145 cm³/mol. The molecule has 192 valence electrons. The minimum atomic E-state index is -0.459. The fourth-order valence-corrected chi connectivity index (χ4v) is 4.92. The predicted octanol–water partition coefficient (Wildman–Crippen LogP) is 4.52. The van der Waals surface area contributed by atoms with Gasteiger partial charge in [0.15, 0.2) is 0 Å². The zero-order valence-electron chi connectivity index (χ0n) is 20.8. The molecule has 9 nitrogen and oxygen atoms in total. The maximum atomic E-state index is 13.9. The Morgan fingerprint density at radius 1 is 1.16 bits per heavy atom. The molecule has 0 spiro atoms. The molecule has 1 aliphatic carbocycles. The summed E-state index contributed by atoms with van der Waals surface area (Å²) in [6, 6.07) is 5.98. The number of nitrogens with one attached hydrogen (secondary N) is 1. The molecule has 3 heterocycles. The van der Waals surface area contributed by atoms with E-state index in [0.29, 0.717) is 5.56 Å². The second kappa shape index (κ2) is 8.97. The van der Waals surface area contributed by atoms with Crippen molar-refractivity contribution in [2.75, 3.05) is 11.1 Å². The van der Waals surface area contributed by atoms with Crippen LogP contribution in [0.25, 0.3) is 16.6 Å². The molecule has 0 saturated heterocycles. The first-order valence-electron chi connectivity index (χ1n) is 11.9. The normalized spacial score (nSPS) is 21.5. The number of rotatable bonds is 5. The van der Waals surface area contributed by atoms with Gasteiger partial charge in [-0.2, -0.15) is 5.10 Å². The molecule has 37 heavy (non-hydrogen) atoms. The summed E-state index contributed by atoms with van der Waals surface area (Å²) >= 11 is 6.25. The van der Waals surface area contributed by atoms with Crippen molar-refractivity contribution in [2.24, 2.45) is 21.9 Å². The van der Waals surface area contributed by atoms with E-state index < -0.39 is 5.82 Å². The summed E-state index contributed by atoms with van der Waals surface area (Å²) in [4.78, 5) is 12.6. The topological polar surface area (TPSA) is 146 Å². The van der Waals surface area contributed by atoms with Crippen molar-refractivity contribution in [1.29, 1.82) is 0 Å². The second-order valence-electron chi connectivity index (χ2n) is 10.3. The number of nitrogens with two attached hydrogens (primary N) is 3. The lowest BCUT2D eigenvalue weighted by Gasteiger charge is -2.39. The van der Waals surface area contributed by atoms with Gasteiger partial charge in [0, 0.05) is 52.8 Å². The van der Waals surface area contributed by atoms with Crippen molar-refractivity contribution in [3.63, 3.8) is 0 Å². The van der Waals surface area contributed by atoms with Crippen LogP contribution in [-0.4, -0.2) is 37.0 Å². The molecule has 1 aliphatic rings. The van der Waals surface area contributed by atoms with Crippen molar-refractivity contribution < 1.29 is 4.39 Å². The van der Waals surface area contributed by atoms with Crippen LogP contribution in [0.4, 0.5) is 21.7 Å². The molecule has 1 aromatic carbocycles. The molecule has 5 rings (SSSR count). The van der Waals surface area contributed by atoms with Gasteiger partial charge in [0.2, 0.25) is 5.95 Å².